The topological polar surface area (TPSA) is 212 Å². The molecule has 0 aliphatic carbocycles. The fourth-order valence-corrected chi connectivity index (χ4v) is 10.0. The average Bonchev–Trinajstić information content (AvgIpc) is 3.78. The van der Waals surface area contributed by atoms with Crippen LogP contribution in [0.3, 0.4) is 0 Å². The number of carbonyl (C=O) groups is 8. The van der Waals surface area contributed by atoms with Gasteiger partial charge in [-0.3, -0.25) is 38.5 Å². The normalized spacial score (nSPS) is 20.6. The number of hydrogen-bond acceptors (Lipinski definition) is 10. The van der Waals surface area contributed by atoms with Gasteiger partial charge in [-0.2, -0.15) is 0 Å². The summed E-state index contributed by atoms with van der Waals surface area (Å²) >= 11 is 6.31. The van der Waals surface area contributed by atoms with Crippen molar-refractivity contribution < 1.29 is 52.9 Å². The Morgan fingerprint density at radius 1 is 0.855 bits per heavy atom. The van der Waals surface area contributed by atoms with Crippen molar-refractivity contribution in [3.05, 3.63) is 47.0 Å². The Kier molecular flexibility index (Phi) is 22.8. The first-order chi connectivity index (χ1) is 32.4. The number of methoxy groups -OCH3 is 2. The highest BCUT2D eigenvalue weighted by Gasteiger charge is 2.48. The molecule has 1 fully saturated rings. The highest BCUT2D eigenvalue weighted by atomic mass is 35.5. The zero-order chi connectivity index (χ0) is 52.0. The summed E-state index contributed by atoms with van der Waals surface area (Å²) in [6.45, 7) is 17.2. The fourth-order valence-electron chi connectivity index (χ4n) is 9.81. The van der Waals surface area contributed by atoms with Crippen LogP contribution in [0.4, 0.5) is 0 Å². The molecule has 0 spiro atoms. The van der Waals surface area contributed by atoms with Gasteiger partial charge in [-0.25, -0.2) is 4.79 Å². The SMILES string of the molecule is CCC(C)C(C(CC(=O)N1C(C)C(C)C[C@H]1C(OC)C(C)C(=O)N[C@@H](Cc1ccccc1Cl)C(=O)O)OC)N(C)C(=O)[C@@H](NC(=O)C(C(C)C)N(C)C(=O)CCCCCN1C(=O)C=CC1=O)C(C)C. The van der Waals surface area contributed by atoms with Crippen molar-refractivity contribution >= 4 is 58.9 Å². The summed E-state index contributed by atoms with van der Waals surface area (Å²) in [5.74, 6) is -5.47. The Labute approximate surface area is 414 Å². The number of likely N-dealkylation sites (N-methyl/N-ethyl adjacent to an activating group) is 2. The van der Waals surface area contributed by atoms with Crippen LogP contribution >= 0.6 is 11.6 Å². The number of carboxylic acid groups (broad SMARTS) is 1. The third-order valence-corrected chi connectivity index (χ3v) is 14.6. The highest BCUT2D eigenvalue weighted by Crippen LogP contribution is 2.36. The van der Waals surface area contributed by atoms with E-state index in [-0.39, 0.29) is 85.1 Å². The number of ether oxygens (including phenoxy) is 2. The van der Waals surface area contributed by atoms with E-state index >= 15 is 0 Å². The third kappa shape index (κ3) is 15.1. The molecule has 11 atom stereocenters. The molecule has 8 unspecified atom stereocenters. The largest absolute Gasteiger partial charge is 0.480 e. The molecule has 0 saturated carbocycles. The number of aliphatic carboxylic acids is 1. The Hall–Kier alpha value is -4.87. The summed E-state index contributed by atoms with van der Waals surface area (Å²) in [6, 6.07) is 2.30. The summed E-state index contributed by atoms with van der Waals surface area (Å²) < 4.78 is 12.1. The Morgan fingerprint density at radius 3 is 2.01 bits per heavy atom. The minimum absolute atomic E-state index is 0.0255. The van der Waals surface area contributed by atoms with Crippen LogP contribution in [0.15, 0.2) is 36.4 Å². The summed E-state index contributed by atoms with van der Waals surface area (Å²) in [4.78, 5) is 113. The maximum Gasteiger partial charge on any atom is 0.326 e. The van der Waals surface area contributed by atoms with Gasteiger partial charge in [0.15, 0.2) is 0 Å². The van der Waals surface area contributed by atoms with Crippen molar-refractivity contribution in [3.8, 4) is 0 Å². The zero-order valence-electron chi connectivity index (χ0n) is 43.0. The predicted molar refractivity (Wildman–Crippen MR) is 262 cm³/mol. The molecule has 1 aromatic rings. The lowest BCUT2D eigenvalue weighted by Crippen LogP contribution is -2.60. The number of imide groups is 1. The van der Waals surface area contributed by atoms with Crippen molar-refractivity contribution in [2.45, 2.75) is 162 Å². The molecule has 2 heterocycles. The van der Waals surface area contributed by atoms with Gasteiger partial charge in [-0.15, -0.1) is 0 Å². The molecule has 0 bridgehead atoms. The lowest BCUT2D eigenvalue weighted by Gasteiger charge is -2.41. The highest BCUT2D eigenvalue weighted by molar-refractivity contribution is 6.31. The van der Waals surface area contributed by atoms with Crippen LogP contribution in [0.2, 0.25) is 5.02 Å². The number of hydrogen-bond donors (Lipinski definition) is 3. The number of benzene rings is 1. The third-order valence-electron chi connectivity index (χ3n) is 14.3. The van der Waals surface area contributed by atoms with Crippen LogP contribution < -0.4 is 10.6 Å². The molecule has 0 aromatic heterocycles. The molecule has 69 heavy (non-hydrogen) atoms. The molecular formula is C51H79ClN6O11. The predicted octanol–water partition coefficient (Wildman–Crippen LogP) is 5.12. The van der Waals surface area contributed by atoms with Crippen LogP contribution in [0.25, 0.3) is 0 Å². The van der Waals surface area contributed by atoms with E-state index in [1.807, 2.05) is 55.4 Å². The minimum Gasteiger partial charge on any atom is -0.480 e. The van der Waals surface area contributed by atoms with Crippen molar-refractivity contribution in [2.75, 3.05) is 34.9 Å². The van der Waals surface area contributed by atoms with E-state index in [1.165, 1.54) is 36.2 Å². The first-order valence-corrected chi connectivity index (χ1v) is 24.8. The van der Waals surface area contributed by atoms with Crippen LogP contribution in [0, 0.1) is 29.6 Å². The van der Waals surface area contributed by atoms with E-state index in [9.17, 15) is 43.5 Å². The summed E-state index contributed by atoms with van der Waals surface area (Å²) in [5, 5.41) is 16.1. The maximum atomic E-state index is 14.7. The van der Waals surface area contributed by atoms with Gasteiger partial charge in [0.2, 0.25) is 29.5 Å². The van der Waals surface area contributed by atoms with Crippen molar-refractivity contribution in [3.63, 3.8) is 0 Å². The smallest absolute Gasteiger partial charge is 0.326 e. The Bertz CT molecular complexity index is 1980. The second-order valence-corrected chi connectivity index (χ2v) is 20.1. The molecule has 1 saturated heterocycles. The van der Waals surface area contributed by atoms with E-state index in [0.717, 1.165) is 0 Å². The quantitative estimate of drug-likeness (QED) is 0.0778. The standard InChI is InChI=1S/C51H79ClN6O11/c1-14-31(6)46(56(11)50(65)44(29(2)3)54-49(64)45(30(4)5)55(10)40(59)22-16-15-19-25-57-41(60)23-24-42(57)61)39(68-12)28-43(62)58-34(9)32(7)26-38(58)47(69-13)33(8)48(63)53-37(51(66)67)27-35-20-17-18-21-36(35)52/h17-18,20-21,23-24,29-34,37-39,44-47H,14-16,19,22,25-28H2,1-13H3,(H,53,63)(H,54,64)(H,66,67)/t31?,32?,33?,34?,37-,38-,39?,44-,45?,46?,47?/m0/s1. The van der Waals surface area contributed by atoms with E-state index < -0.39 is 66.1 Å². The van der Waals surface area contributed by atoms with E-state index in [2.05, 4.69) is 10.6 Å². The molecule has 3 N–H and O–H groups in total. The average molecular weight is 988 g/mol. The maximum absolute atomic E-state index is 14.7. The van der Waals surface area contributed by atoms with Gasteiger partial charge < -0.3 is 39.9 Å². The number of halogens is 1. The van der Waals surface area contributed by atoms with Gasteiger partial charge in [0.05, 0.1) is 36.6 Å². The molecular weight excluding hydrogens is 908 g/mol. The summed E-state index contributed by atoms with van der Waals surface area (Å²) in [6.07, 6.45) is 3.71. The number of rotatable bonds is 27. The van der Waals surface area contributed by atoms with Crippen molar-refractivity contribution in [2.24, 2.45) is 29.6 Å². The van der Waals surface area contributed by atoms with E-state index in [1.54, 1.807) is 55.1 Å². The first-order valence-electron chi connectivity index (χ1n) is 24.4. The van der Waals surface area contributed by atoms with Crippen LogP contribution in [-0.2, 0) is 54.3 Å². The monoisotopic (exact) mass is 987 g/mol. The lowest BCUT2D eigenvalue weighted by molar-refractivity contribution is -0.150. The van der Waals surface area contributed by atoms with E-state index in [4.69, 9.17) is 21.1 Å². The van der Waals surface area contributed by atoms with Gasteiger partial charge in [0.1, 0.15) is 18.1 Å². The molecule has 18 heteroatoms. The van der Waals surface area contributed by atoms with Crippen LogP contribution in [0.5, 0.6) is 0 Å². The van der Waals surface area contributed by atoms with Crippen LogP contribution in [0.1, 0.15) is 113 Å². The second kappa shape index (κ2) is 26.9. The number of amides is 7. The van der Waals surface area contributed by atoms with Crippen LogP contribution in [-0.4, -0.2) is 155 Å². The molecule has 7 amide bonds. The molecule has 0 radical (unpaired) electrons. The van der Waals surface area contributed by atoms with Gasteiger partial charge in [0, 0.05) is 70.9 Å². The number of nitrogens with one attached hydrogen (secondary N) is 2. The number of unbranched alkanes of at least 4 members (excludes halogenated alkanes) is 2. The lowest BCUT2D eigenvalue weighted by atomic mass is 9.89. The number of carboxylic acids is 1. The van der Waals surface area contributed by atoms with Crippen molar-refractivity contribution in [1.29, 1.82) is 0 Å². The van der Waals surface area contributed by atoms with E-state index in [0.29, 0.717) is 42.7 Å². The summed E-state index contributed by atoms with van der Waals surface area (Å²) in [7, 11) is 6.20. The summed E-state index contributed by atoms with van der Waals surface area (Å²) in [5.41, 5.74) is 0.572. The Balaban J connectivity index is 1.77. The van der Waals surface area contributed by atoms with Gasteiger partial charge >= 0.3 is 5.97 Å². The number of nitrogens with zero attached hydrogens (tertiary/aromatic N) is 4. The number of likely N-dealkylation sites (tertiary alicyclic amines) is 1. The van der Waals surface area contributed by atoms with Gasteiger partial charge in [-0.05, 0) is 61.5 Å². The molecule has 1 aromatic carbocycles. The second-order valence-electron chi connectivity index (χ2n) is 19.7. The fraction of sp³-hybridized carbons (Fsp3) is 0.686. The molecule has 17 nitrogen and oxygen atoms in total. The first kappa shape index (κ1) is 58.4. The molecule has 3 rings (SSSR count). The molecule has 386 valence electrons. The Morgan fingerprint density at radius 2 is 1.48 bits per heavy atom. The zero-order valence-corrected chi connectivity index (χ0v) is 43.8. The van der Waals surface area contributed by atoms with Gasteiger partial charge in [-0.1, -0.05) is 98.0 Å². The van der Waals surface area contributed by atoms with Gasteiger partial charge in [0.25, 0.3) is 11.8 Å². The molecule has 2 aliphatic heterocycles. The molecule has 2 aliphatic rings. The number of carbonyl (C=O) groups excluding carboxylic acids is 7. The minimum atomic E-state index is -1.26. The van der Waals surface area contributed by atoms with Crippen molar-refractivity contribution in [1.82, 2.24) is 30.2 Å².